The zero-order valence-corrected chi connectivity index (χ0v) is 15.1. The van der Waals surface area contributed by atoms with Crippen LogP contribution in [0.1, 0.15) is 20.8 Å². The lowest BCUT2D eigenvalue weighted by Crippen LogP contribution is -2.24. The lowest BCUT2D eigenvalue weighted by Gasteiger charge is -2.18. The molecule has 0 saturated heterocycles. The second-order valence-corrected chi connectivity index (χ2v) is 6.78. The first-order valence-electron chi connectivity index (χ1n) is 7.22. The van der Waals surface area contributed by atoms with Gasteiger partial charge < -0.3 is 18.6 Å². The first-order valence-corrected chi connectivity index (χ1v) is 8.21. The molecule has 0 amide bonds. The van der Waals surface area contributed by atoms with Crippen LogP contribution in [0.2, 0.25) is 0 Å². The Kier molecular flexibility index (Phi) is 5.71. The van der Waals surface area contributed by atoms with Crippen molar-refractivity contribution in [3.05, 3.63) is 18.2 Å². The van der Waals surface area contributed by atoms with Crippen LogP contribution in [-0.2, 0) is 9.53 Å². The van der Waals surface area contributed by atoms with Crippen LogP contribution in [0, 0.1) is 0 Å². The van der Waals surface area contributed by atoms with Crippen LogP contribution in [0.25, 0.3) is 11.5 Å². The van der Waals surface area contributed by atoms with Crippen LogP contribution in [0.5, 0.6) is 11.5 Å². The highest BCUT2D eigenvalue weighted by Gasteiger charge is 2.18. The van der Waals surface area contributed by atoms with Crippen LogP contribution in [-0.4, -0.2) is 41.7 Å². The summed E-state index contributed by atoms with van der Waals surface area (Å²) in [5, 5.41) is 8.21. The van der Waals surface area contributed by atoms with Crippen molar-refractivity contribution in [1.29, 1.82) is 0 Å². The van der Waals surface area contributed by atoms with Gasteiger partial charge >= 0.3 is 5.97 Å². The minimum absolute atomic E-state index is 0.0976. The molecule has 0 unspecified atom stereocenters. The molecule has 0 aliphatic carbocycles. The number of benzene rings is 1. The molecule has 0 fully saturated rings. The summed E-state index contributed by atoms with van der Waals surface area (Å²) in [5.41, 5.74) is 0.150. The van der Waals surface area contributed by atoms with Gasteiger partial charge in [-0.2, -0.15) is 0 Å². The highest BCUT2D eigenvalue weighted by Crippen LogP contribution is 2.30. The Bertz CT molecular complexity index is 686. The second-order valence-electron chi connectivity index (χ2n) is 5.85. The molecule has 8 heteroatoms. The molecule has 2 rings (SSSR count). The molecule has 0 atom stereocenters. The number of methoxy groups -OCH3 is 2. The van der Waals surface area contributed by atoms with Crippen LogP contribution in [0.15, 0.2) is 27.8 Å². The molecule has 0 bridgehead atoms. The third-order valence-electron chi connectivity index (χ3n) is 2.74. The van der Waals surface area contributed by atoms with E-state index in [0.717, 1.165) is 11.8 Å². The number of thioether (sulfide) groups is 1. The van der Waals surface area contributed by atoms with Gasteiger partial charge in [0.1, 0.15) is 22.9 Å². The van der Waals surface area contributed by atoms with E-state index in [1.165, 1.54) is 0 Å². The molecule has 0 radical (unpaired) electrons. The zero-order valence-electron chi connectivity index (χ0n) is 14.3. The summed E-state index contributed by atoms with van der Waals surface area (Å²) in [7, 11) is 3.13. The van der Waals surface area contributed by atoms with Crippen LogP contribution < -0.4 is 9.47 Å². The highest BCUT2D eigenvalue weighted by atomic mass is 32.2. The number of hydrogen-bond donors (Lipinski definition) is 0. The van der Waals surface area contributed by atoms with Crippen LogP contribution in [0.4, 0.5) is 0 Å². The SMILES string of the molecule is COc1cc(OC)cc(-c2nnc(SCC(=O)OC(C)(C)C)o2)c1. The molecule has 1 heterocycles. The lowest BCUT2D eigenvalue weighted by molar-refractivity contribution is -0.151. The van der Waals surface area contributed by atoms with E-state index in [1.807, 2.05) is 20.8 Å². The average Bonchev–Trinajstić information content (AvgIpc) is 2.99. The fraction of sp³-hybridized carbons (Fsp3) is 0.438. The quantitative estimate of drug-likeness (QED) is 0.579. The zero-order chi connectivity index (χ0) is 17.7. The molecular weight excluding hydrogens is 332 g/mol. The summed E-state index contributed by atoms with van der Waals surface area (Å²) in [6.07, 6.45) is 0. The van der Waals surface area contributed by atoms with Gasteiger partial charge in [0.2, 0.25) is 5.89 Å². The molecule has 0 spiro atoms. The van der Waals surface area contributed by atoms with Gasteiger partial charge in [-0.25, -0.2) is 0 Å². The number of nitrogens with zero attached hydrogens (tertiary/aromatic N) is 2. The summed E-state index contributed by atoms with van der Waals surface area (Å²) >= 11 is 1.13. The maximum Gasteiger partial charge on any atom is 0.316 e. The van der Waals surface area contributed by atoms with Crippen molar-refractivity contribution in [3.8, 4) is 23.0 Å². The first kappa shape index (κ1) is 18.1. The number of ether oxygens (including phenoxy) is 3. The summed E-state index contributed by atoms with van der Waals surface area (Å²) < 4.78 is 21.2. The van der Waals surface area contributed by atoms with Crippen molar-refractivity contribution in [1.82, 2.24) is 10.2 Å². The normalized spacial score (nSPS) is 11.2. The molecule has 0 aliphatic heterocycles. The Morgan fingerprint density at radius 2 is 1.75 bits per heavy atom. The fourth-order valence-corrected chi connectivity index (χ4v) is 2.34. The number of hydrogen-bond acceptors (Lipinski definition) is 8. The Labute approximate surface area is 144 Å². The summed E-state index contributed by atoms with van der Waals surface area (Å²) in [6.45, 7) is 5.45. The molecule has 1 aromatic heterocycles. The van der Waals surface area contributed by atoms with Gasteiger partial charge in [-0.15, -0.1) is 10.2 Å². The molecule has 130 valence electrons. The van der Waals surface area contributed by atoms with Crippen molar-refractivity contribution >= 4 is 17.7 Å². The predicted octanol–water partition coefficient (Wildman–Crippen LogP) is 3.19. The maximum atomic E-state index is 11.7. The number of aromatic nitrogens is 2. The number of carbonyl (C=O) groups is 1. The van der Waals surface area contributed by atoms with E-state index in [2.05, 4.69) is 10.2 Å². The van der Waals surface area contributed by atoms with Gasteiger partial charge in [0.25, 0.3) is 5.22 Å². The Morgan fingerprint density at radius 1 is 1.12 bits per heavy atom. The topological polar surface area (TPSA) is 83.7 Å². The Morgan fingerprint density at radius 3 is 2.29 bits per heavy atom. The molecule has 0 saturated carbocycles. The van der Waals surface area contributed by atoms with E-state index in [0.29, 0.717) is 23.0 Å². The third-order valence-corrected chi connectivity index (χ3v) is 3.53. The monoisotopic (exact) mass is 352 g/mol. The molecule has 1 aromatic carbocycles. The van der Waals surface area contributed by atoms with Crippen molar-refractivity contribution in [3.63, 3.8) is 0 Å². The van der Waals surface area contributed by atoms with Crippen molar-refractivity contribution < 1.29 is 23.4 Å². The molecule has 0 aliphatic rings. The number of esters is 1. The standard InChI is InChI=1S/C16H20N2O5S/c1-16(2,3)23-13(19)9-24-15-18-17-14(22-15)10-6-11(20-4)8-12(7-10)21-5/h6-8H,9H2,1-5H3. The third kappa shape index (κ3) is 5.16. The fourth-order valence-electron chi connectivity index (χ4n) is 1.81. The number of carbonyl (C=O) groups excluding carboxylic acids is 1. The van der Waals surface area contributed by atoms with Crippen LogP contribution in [0.3, 0.4) is 0 Å². The summed E-state index contributed by atoms with van der Waals surface area (Å²) in [6, 6.07) is 5.27. The van der Waals surface area contributed by atoms with E-state index < -0.39 is 5.60 Å². The second kappa shape index (κ2) is 7.57. The van der Waals surface area contributed by atoms with Crippen molar-refractivity contribution in [2.75, 3.05) is 20.0 Å². The first-order chi connectivity index (χ1) is 11.3. The van der Waals surface area contributed by atoms with Gasteiger partial charge in [0.15, 0.2) is 0 Å². The summed E-state index contributed by atoms with van der Waals surface area (Å²) in [4.78, 5) is 11.7. The molecule has 0 N–H and O–H groups in total. The Balaban J connectivity index is 2.07. The van der Waals surface area contributed by atoms with Gasteiger partial charge in [0.05, 0.1) is 14.2 Å². The largest absolute Gasteiger partial charge is 0.497 e. The number of rotatable bonds is 6. The highest BCUT2D eigenvalue weighted by molar-refractivity contribution is 7.99. The smallest absolute Gasteiger partial charge is 0.316 e. The molecule has 2 aromatic rings. The van der Waals surface area contributed by atoms with Crippen LogP contribution >= 0.6 is 11.8 Å². The molecular formula is C16H20N2O5S. The minimum atomic E-state index is -0.519. The molecule has 7 nitrogen and oxygen atoms in total. The predicted molar refractivity (Wildman–Crippen MR) is 89.4 cm³/mol. The van der Waals surface area contributed by atoms with Gasteiger partial charge in [-0.3, -0.25) is 4.79 Å². The Hall–Kier alpha value is -2.22. The van der Waals surface area contributed by atoms with Gasteiger partial charge in [-0.1, -0.05) is 11.8 Å². The maximum absolute atomic E-state index is 11.7. The van der Waals surface area contributed by atoms with E-state index in [1.54, 1.807) is 32.4 Å². The lowest BCUT2D eigenvalue weighted by atomic mass is 10.2. The van der Waals surface area contributed by atoms with Gasteiger partial charge in [-0.05, 0) is 32.9 Å². The van der Waals surface area contributed by atoms with E-state index in [-0.39, 0.29) is 16.9 Å². The molecule has 24 heavy (non-hydrogen) atoms. The van der Waals surface area contributed by atoms with Gasteiger partial charge in [0, 0.05) is 11.6 Å². The van der Waals surface area contributed by atoms with E-state index in [9.17, 15) is 4.79 Å². The van der Waals surface area contributed by atoms with Crippen molar-refractivity contribution in [2.45, 2.75) is 31.6 Å². The average molecular weight is 352 g/mol. The van der Waals surface area contributed by atoms with E-state index in [4.69, 9.17) is 18.6 Å². The minimum Gasteiger partial charge on any atom is -0.497 e. The summed E-state index contributed by atoms with van der Waals surface area (Å²) in [5.74, 6) is 1.31. The van der Waals surface area contributed by atoms with E-state index >= 15 is 0 Å². The van der Waals surface area contributed by atoms with Crippen molar-refractivity contribution in [2.24, 2.45) is 0 Å².